The van der Waals surface area contributed by atoms with Gasteiger partial charge in [0, 0.05) is 35.3 Å². The molecule has 1 atom stereocenters. The molecule has 1 fully saturated rings. The first-order valence-electron chi connectivity index (χ1n) is 9.24. The van der Waals surface area contributed by atoms with Crippen LogP contribution >= 0.6 is 0 Å². The first-order valence-corrected chi connectivity index (χ1v) is 9.24. The number of nitrogen functional groups attached to an aromatic ring is 1. The van der Waals surface area contributed by atoms with Gasteiger partial charge < -0.3 is 21.1 Å². The van der Waals surface area contributed by atoms with Gasteiger partial charge in [0.25, 0.3) is 11.8 Å². The quantitative estimate of drug-likeness (QED) is 0.470. The van der Waals surface area contributed by atoms with Gasteiger partial charge in [0.15, 0.2) is 0 Å². The Hall–Kier alpha value is -3.35. The fourth-order valence-corrected chi connectivity index (χ4v) is 3.29. The molecule has 1 aliphatic heterocycles. The molecule has 0 aromatic heterocycles. The Morgan fingerprint density at radius 3 is 2.25 bits per heavy atom. The number of carbonyl (C=O) groups is 2. The number of phenols is 1. The molecule has 2 amide bonds. The van der Waals surface area contributed by atoms with Gasteiger partial charge in [0.05, 0.1) is 6.04 Å². The van der Waals surface area contributed by atoms with Crippen LogP contribution in [0.4, 0.5) is 0 Å². The van der Waals surface area contributed by atoms with Gasteiger partial charge in [-0.2, -0.15) is 0 Å². The number of nitrogens with one attached hydrogen (secondary N) is 2. The molecule has 3 rings (SSSR count). The molecule has 1 unspecified atom stereocenters. The Bertz CT molecular complexity index is 902. The van der Waals surface area contributed by atoms with Crippen molar-refractivity contribution in [2.45, 2.75) is 25.8 Å². The molecule has 0 saturated carbocycles. The lowest BCUT2D eigenvalue weighted by Crippen LogP contribution is -2.28. The maximum Gasteiger partial charge on any atom is 0.253 e. The maximum atomic E-state index is 12.5. The van der Waals surface area contributed by atoms with Gasteiger partial charge in [-0.25, -0.2) is 0 Å². The van der Waals surface area contributed by atoms with E-state index in [0.717, 1.165) is 25.9 Å². The van der Waals surface area contributed by atoms with Crippen molar-refractivity contribution >= 4 is 17.6 Å². The summed E-state index contributed by atoms with van der Waals surface area (Å²) in [6.45, 7) is 3.30. The highest BCUT2D eigenvalue weighted by Crippen LogP contribution is 2.25. The van der Waals surface area contributed by atoms with Crippen LogP contribution in [0.3, 0.4) is 0 Å². The second-order valence-corrected chi connectivity index (χ2v) is 6.96. The van der Waals surface area contributed by atoms with E-state index in [1.807, 2.05) is 4.90 Å². The Balaban J connectivity index is 1.70. The molecule has 146 valence electrons. The number of benzene rings is 2. The zero-order valence-corrected chi connectivity index (χ0v) is 15.7. The van der Waals surface area contributed by atoms with Gasteiger partial charge in [0.1, 0.15) is 11.6 Å². The minimum Gasteiger partial charge on any atom is -0.508 e. The van der Waals surface area contributed by atoms with Crippen molar-refractivity contribution in [1.82, 2.24) is 10.2 Å². The third-order valence-corrected chi connectivity index (χ3v) is 4.94. The summed E-state index contributed by atoms with van der Waals surface area (Å²) in [4.78, 5) is 26.7. The maximum absolute atomic E-state index is 12.5. The van der Waals surface area contributed by atoms with Gasteiger partial charge >= 0.3 is 0 Å². The molecule has 5 N–H and O–H groups in total. The Kier molecular flexibility index (Phi) is 5.63. The topological polar surface area (TPSA) is 120 Å². The number of amides is 2. The van der Waals surface area contributed by atoms with E-state index in [0.29, 0.717) is 22.3 Å². The van der Waals surface area contributed by atoms with Crippen LogP contribution < -0.4 is 11.1 Å². The summed E-state index contributed by atoms with van der Waals surface area (Å²) in [7, 11) is 0. The zero-order valence-electron chi connectivity index (χ0n) is 15.7. The van der Waals surface area contributed by atoms with E-state index in [1.165, 1.54) is 6.07 Å². The van der Waals surface area contributed by atoms with E-state index in [-0.39, 0.29) is 23.4 Å². The molecule has 7 nitrogen and oxygen atoms in total. The van der Waals surface area contributed by atoms with E-state index in [1.54, 1.807) is 43.3 Å². The molecular formula is C21H24N4O3. The molecule has 0 aliphatic carbocycles. The second-order valence-electron chi connectivity index (χ2n) is 6.96. The minimum absolute atomic E-state index is 0.0104. The number of carbonyl (C=O) groups excluding carboxylic acids is 2. The molecule has 1 heterocycles. The molecule has 0 bridgehead atoms. The number of phenolic OH excluding ortho intramolecular Hbond substituents is 1. The average molecular weight is 380 g/mol. The van der Waals surface area contributed by atoms with Crippen molar-refractivity contribution < 1.29 is 14.7 Å². The Labute approximate surface area is 163 Å². The highest BCUT2D eigenvalue weighted by atomic mass is 16.3. The number of nitrogens with two attached hydrogens (primary N) is 1. The van der Waals surface area contributed by atoms with Gasteiger partial charge in [-0.1, -0.05) is 0 Å². The van der Waals surface area contributed by atoms with Crippen molar-refractivity contribution in [3.63, 3.8) is 0 Å². The normalized spacial score (nSPS) is 14.5. The summed E-state index contributed by atoms with van der Waals surface area (Å²) < 4.78 is 0. The van der Waals surface area contributed by atoms with E-state index >= 15 is 0 Å². The number of likely N-dealkylation sites (tertiary alicyclic amines) is 1. The summed E-state index contributed by atoms with van der Waals surface area (Å²) in [5, 5.41) is 20.4. The number of aromatic hydroxyl groups is 1. The Morgan fingerprint density at radius 2 is 1.64 bits per heavy atom. The van der Waals surface area contributed by atoms with Crippen molar-refractivity contribution in [2.24, 2.45) is 5.73 Å². The third-order valence-electron chi connectivity index (χ3n) is 4.94. The number of hydrogen-bond acceptors (Lipinski definition) is 4. The predicted molar refractivity (Wildman–Crippen MR) is 107 cm³/mol. The van der Waals surface area contributed by atoms with Gasteiger partial charge in [-0.05, 0) is 62.2 Å². The van der Waals surface area contributed by atoms with E-state index < -0.39 is 6.04 Å². The van der Waals surface area contributed by atoms with E-state index in [2.05, 4.69) is 5.32 Å². The number of hydrogen-bond donors (Lipinski definition) is 4. The smallest absolute Gasteiger partial charge is 0.253 e. The van der Waals surface area contributed by atoms with Gasteiger partial charge in [0.2, 0.25) is 0 Å². The van der Waals surface area contributed by atoms with Crippen LogP contribution in [0.5, 0.6) is 5.75 Å². The number of rotatable bonds is 5. The molecule has 2 aromatic carbocycles. The summed E-state index contributed by atoms with van der Waals surface area (Å²) >= 11 is 0. The SMILES string of the molecule is CC(NC(=O)c1ccc(C(=O)N2CCCC2)cc1)c1cc(C(=N)N)ccc1O. The molecule has 7 heteroatoms. The highest BCUT2D eigenvalue weighted by molar-refractivity contribution is 5.98. The van der Waals surface area contributed by atoms with Crippen molar-refractivity contribution in [3.05, 3.63) is 64.7 Å². The summed E-state index contributed by atoms with van der Waals surface area (Å²) in [5.41, 5.74) is 7.43. The van der Waals surface area contributed by atoms with Crippen LogP contribution in [0.15, 0.2) is 42.5 Å². The standard InChI is InChI=1S/C21H24N4O3/c1-13(17-12-16(19(22)23)8-9-18(17)26)24-20(27)14-4-6-15(7-5-14)21(28)25-10-2-3-11-25/h4-9,12-13,26H,2-3,10-11H2,1H3,(H3,22,23)(H,24,27). The van der Waals surface area contributed by atoms with Gasteiger partial charge in [-0.3, -0.25) is 15.0 Å². The van der Waals surface area contributed by atoms with Crippen molar-refractivity contribution in [3.8, 4) is 5.75 Å². The van der Waals surface area contributed by atoms with Crippen LogP contribution in [0, 0.1) is 5.41 Å². The second kappa shape index (κ2) is 8.12. The fourth-order valence-electron chi connectivity index (χ4n) is 3.29. The summed E-state index contributed by atoms with van der Waals surface area (Å²) in [6, 6.07) is 10.7. The summed E-state index contributed by atoms with van der Waals surface area (Å²) in [6.07, 6.45) is 2.06. The minimum atomic E-state index is -0.488. The number of amidine groups is 1. The molecule has 0 radical (unpaired) electrons. The van der Waals surface area contributed by atoms with Crippen LogP contribution in [-0.2, 0) is 0 Å². The fraction of sp³-hybridized carbons (Fsp3) is 0.286. The third kappa shape index (κ3) is 4.14. The zero-order chi connectivity index (χ0) is 20.3. The first kappa shape index (κ1) is 19.4. The lowest BCUT2D eigenvalue weighted by Gasteiger charge is -2.17. The van der Waals surface area contributed by atoms with Crippen LogP contribution in [0.2, 0.25) is 0 Å². The average Bonchev–Trinajstić information content (AvgIpc) is 3.22. The van der Waals surface area contributed by atoms with Crippen LogP contribution in [0.25, 0.3) is 0 Å². The molecule has 1 aliphatic rings. The van der Waals surface area contributed by atoms with Crippen molar-refractivity contribution in [2.75, 3.05) is 13.1 Å². The highest BCUT2D eigenvalue weighted by Gasteiger charge is 2.20. The number of nitrogens with zero attached hydrogens (tertiary/aromatic N) is 1. The predicted octanol–water partition coefficient (Wildman–Crippen LogP) is 2.40. The van der Waals surface area contributed by atoms with Crippen LogP contribution in [-0.4, -0.2) is 40.7 Å². The van der Waals surface area contributed by atoms with Crippen LogP contribution in [0.1, 0.15) is 57.7 Å². The largest absolute Gasteiger partial charge is 0.508 e. The Morgan fingerprint density at radius 1 is 1.07 bits per heavy atom. The lowest BCUT2D eigenvalue weighted by molar-refractivity contribution is 0.0792. The van der Waals surface area contributed by atoms with Crippen molar-refractivity contribution in [1.29, 1.82) is 5.41 Å². The summed E-state index contributed by atoms with van der Waals surface area (Å²) in [5.74, 6) is -0.425. The first-order chi connectivity index (χ1) is 13.4. The molecule has 2 aromatic rings. The molecule has 1 saturated heterocycles. The monoisotopic (exact) mass is 380 g/mol. The molecular weight excluding hydrogens is 356 g/mol. The lowest BCUT2D eigenvalue weighted by atomic mass is 10.0. The van der Waals surface area contributed by atoms with E-state index in [9.17, 15) is 14.7 Å². The van der Waals surface area contributed by atoms with Gasteiger partial charge in [-0.15, -0.1) is 0 Å². The molecule has 0 spiro atoms. The van der Waals surface area contributed by atoms with E-state index in [4.69, 9.17) is 11.1 Å². The molecule has 28 heavy (non-hydrogen) atoms.